The quantitative estimate of drug-likeness (QED) is 0.889. The van der Waals surface area contributed by atoms with Gasteiger partial charge in [0.15, 0.2) is 0 Å². The molecule has 0 radical (unpaired) electrons. The molecule has 0 aliphatic carbocycles. The molecular weight excluding hydrogens is 266 g/mol. The van der Waals surface area contributed by atoms with Gasteiger partial charge in [-0.05, 0) is 38.1 Å². The number of nitrogens with zero attached hydrogens (tertiary/aromatic N) is 3. The summed E-state index contributed by atoms with van der Waals surface area (Å²) in [6.07, 6.45) is 4.54. The number of fused-ring (bicyclic) bond motifs is 1. The molecule has 3 rings (SSSR count). The van der Waals surface area contributed by atoms with Gasteiger partial charge in [0, 0.05) is 18.8 Å². The number of piperidine rings is 1. The first-order chi connectivity index (χ1) is 10.1. The van der Waals surface area contributed by atoms with Gasteiger partial charge in [-0.3, -0.25) is 4.79 Å². The number of hydrogen-bond donors (Lipinski definition) is 2. The van der Waals surface area contributed by atoms with Crippen LogP contribution < -0.4 is 11.1 Å². The van der Waals surface area contributed by atoms with E-state index in [1.807, 2.05) is 18.3 Å². The molecule has 2 aromatic heterocycles. The van der Waals surface area contributed by atoms with Crippen LogP contribution in [0.2, 0.25) is 0 Å². The fourth-order valence-electron chi connectivity index (χ4n) is 2.94. The number of anilines is 1. The smallest absolute Gasteiger partial charge is 0.252 e. The number of likely N-dealkylation sites (N-methyl/N-ethyl adjacent to an activating group) is 1. The molecular formula is C15H21N5O. The Morgan fingerprint density at radius 3 is 3.10 bits per heavy atom. The van der Waals surface area contributed by atoms with Crippen molar-refractivity contribution in [3.63, 3.8) is 0 Å². The third-order valence-corrected chi connectivity index (χ3v) is 4.32. The second kappa shape index (κ2) is 5.37. The van der Waals surface area contributed by atoms with Crippen LogP contribution in [0.4, 0.5) is 5.69 Å². The number of carbonyl (C=O) groups excluding carboxylic acids is 1. The summed E-state index contributed by atoms with van der Waals surface area (Å²) in [5.41, 5.74) is 7.62. The lowest BCUT2D eigenvalue weighted by molar-refractivity contribution is 0.100. The molecule has 1 fully saturated rings. The highest BCUT2D eigenvalue weighted by atomic mass is 16.1. The zero-order valence-electron chi connectivity index (χ0n) is 12.4. The van der Waals surface area contributed by atoms with Crippen molar-refractivity contribution in [2.45, 2.75) is 19.4 Å². The van der Waals surface area contributed by atoms with Gasteiger partial charge in [-0.25, -0.2) is 4.52 Å². The van der Waals surface area contributed by atoms with Crippen molar-refractivity contribution in [3.05, 3.63) is 30.1 Å². The molecule has 6 heteroatoms. The van der Waals surface area contributed by atoms with E-state index in [-0.39, 0.29) is 0 Å². The van der Waals surface area contributed by atoms with Crippen molar-refractivity contribution in [2.24, 2.45) is 11.7 Å². The average Bonchev–Trinajstić information content (AvgIpc) is 2.91. The van der Waals surface area contributed by atoms with E-state index >= 15 is 0 Å². The summed E-state index contributed by atoms with van der Waals surface area (Å²) in [7, 11) is 2.12. The van der Waals surface area contributed by atoms with Gasteiger partial charge in [0.25, 0.3) is 5.91 Å². The van der Waals surface area contributed by atoms with E-state index in [2.05, 4.69) is 29.3 Å². The molecule has 2 unspecified atom stereocenters. The predicted molar refractivity (Wildman–Crippen MR) is 82.4 cm³/mol. The molecule has 6 nitrogen and oxygen atoms in total. The SMILES string of the molecule is CC1CCN(C)CC1Nc1c(C(N)=O)cnn2cccc12. The van der Waals surface area contributed by atoms with Crippen LogP contribution in [0, 0.1) is 5.92 Å². The molecule has 112 valence electrons. The van der Waals surface area contributed by atoms with Gasteiger partial charge >= 0.3 is 0 Å². The summed E-state index contributed by atoms with van der Waals surface area (Å²) >= 11 is 0. The maximum absolute atomic E-state index is 11.7. The molecule has 3 heterocycles. The zero-order valence-corrected chi connectivity index (χ0v) is 12.4. The first-order valence-electron chi connectivity index (χ1n) is 7.27. The minimum atomic E-state index is -0.453. The third-order valence-electron chi connectivity index (χ3n) is 4.32. The van der Waals surface area contributed by atoms with Crippen LogP contribution in [0.15, 0.2) is 24.5 Å². The molecule has 1 saturated heterocycles. The molecule has 1 amide bonds. The number of hydrogen-bond acceptors (Lipinski definition) is 4. The largest absolute Gasteiger partial charge is 0.378 e. The van der Waals surface area contributed by atoms with Crippen LogP contribution in [-0.4, -0.2) is 46.6 Å². The Balaban J connectivity index is 2.00. The molecule has 0 saturated carbocycles. The van der Waals surface area contributed by atoms with E-state index in [0.717, 1.165) is 30.7 Å². The van der Waals surface area contributed by atoms with Crippen LogP contribution in [0.1, 0.15) is 23.7 Å². The fourth-order valence-corrected chi connectivity index (χ4v) is 2.94. The van der Waals surface area contributed by atoms with Gasteiger partial charge in [0.2, 0.25) is 0 Å². The number of nitrogens with two attached hydrogens (primary N) is 1. The standard InChI is InChI=1S/C15H21N5O/c1-10-5-7-19(2)9-12(10)18-14-11(15(16)21)8-17-20-6-3-4-13(14)20/h3-4,6,8,10,12,18H,5,7,9H2,1-2H3,(H2,16,21). The van der Waals surface area contributed by atoms with Crippen LogP contribution in [0.5, 0.6) is 0 Å². The van der Waals surface area contributed by atoms with Crippen LogP contribution in [0.25, 0.3) is 5.52 Å². The highest BCUT2D eigenvalue weighted by Crippen LogP contribution is 2.26. The summed E-state index contributed by atoms with van der Waals surface area (Å²) in [6.45, 7) is 4.30. The fraction of sp³-hybridized carbons (Fsp3) is 0.467. The Labute approximate surface area is 123 Å². The number of carbonyl (C=O) groups is 1. The van der Waals surface area contributed by atoms with E-state index in [1.54, 1.807) is 4.52 Å². The van der Waals surface area contributed by atoms with Crippen molar-refractivity contribution in [1.29, 1.82) is 0 Å². The number of amides is 1. The first kappa shape index (κ1) is 13.9. The lowest BCUT2D eigenvalue weighted by Gasteiger charge is -2.36. The molecule has 2 atom stereocenters. The molecule has 1 aliphatic rings. The van der Waals surface area contributed by atoms with E-state index in [0.29, 0.717) is 17.5 Å². The lowest BCUT2D eigenvalue weighted by atomic mass is 9.93. The molecule has 0 aromatic carbocycles. The highest BCUT2D eigenvalue weighted by Gasteiger charge is 2.26. The van der Waals surface area contributed by atoms with Crippen LogP contribution >= 0.6 is 0 Å². The van der Waals surface area contributed by atoms with Gasteiger partial charge in [-0.15, -0.1) is 0 Å². The number of nitrogens with one attached hydrogen (secondary N) is 1. The second-order valence-corrected chi connectivity index (χ2v) is 5.91. The third kappa shape index (κ3) is 2.58. The Kier molecular flexibility index (Phi) is 3.55. The lowest BCUT2D eigenvalue weighted by Crippen LogP contribution is -2.45. The zero-order chi connectivity index (χ0) is 15.0. The van der Waals surface area contributed by atoms with Crippen molar-refractivity contribution in [1.82, 2.24) is 14.5 Å². The minimum Gasteiger partial charge on any atom is -0.378 e. The molecule has 0 spiro atoms. The van der Waals surface area contributed by atoms with E-state index < -0.39 is 5.91 Å². The average molecular weight is 287 g/mol. The molecule has 0 bridgehead atoms. The van der Waals surface area contributed by atoms with Gasteiger partial charge in [-0.2, -0.15) is 5.10 Å². The molecule has 21 heavy (non-hydrogen) atoms. The van der Waals surface area contributed by atoms with E-state index in [1.165, 1.54) is 6.20 Å². The number of primary amides is 1. The van der Waals surface area contributed by atoms with Gasteiger partial charge in [0.1, 0.15) is 0 Å². The Morgan fingerprint density at radius 1 is 1.52 bits per heavy atom. The predicted octanol–water partition coefficient (Wildman–Crippen LogP) is 1.19. The summed E-state index contributed by atoms with van der Waals surface area (Å²) in [5.74, 6) is 0.0932. The number of likely N-dealkylation sites (tertiary alicyclic amines) is 1. The van der Waals surface area contributed by atoms with Gasteiger partial charge < -0.3 is 16.0 Å². The number of rotatable bonds is 3. The van der Waals surface area contributed by atoms with Crippen LogP contribution in [0.3, 0.4) is 0 Å². The maximum atomic E-state index is 11.7. The monoisotopic (exact) mass is 287 g/mol. The Bertz CT molecular complexity index is 665. The number of aromatic nitrogens is 2. The van der Waals surface area contributed by atoms with Crippen molar-refractivity contribution >= 4 is 17.1 Å². The van der Waals surface area contributed by atoms with Crippen molar-refractivity contribution in [3.8, 4) is 0 Å². The summed E-state index contributed by atoms with van der Waals surface area (Å²) < 4.78 is 1.76. The summed E-state index contributed by atoms with van der Waals surface area (Å²) in [4.78, 5) is 14.0. The Morgan fingerprint density at radius 2 is 2.33 bits per heavy atom. The topological polar surface area (TPSA) is 75.7 Å². The Hall–Kier alpha value is -2.08. The second-order valence-electron chi connectivity index (χ2n) is 5.91. The van der Waals surface area contributed by atoms with E-state index in [9.17, 15) is 4.79 Å². The van der Waals surface area contributed by atoms with Gasteiger partial charge in [-0.1, -0.05) is 6.92 Å². The van der Waals surface area contributed by atoms with E-state index in [4.69, 9.17) is 5.73 Å². The summed E-state index contributed by atoms with van der Waals surface area (Å²) in [5, 5.41) is 7.75. The maximum Gasteiger partial charge on any atom is 0.252 e. The van der Waals surface area contributed by atoms with Crippen molar-refractivity contribution < 1.29 is 4.79 Å². The molecule has 2 aromatic rings. The van der Waals surface area contributed by atoms with Crippen molar-refractivity contribution in [2.75, 3.05) is 25.5 Å². The highest BCUT2D eigenvalue weighted by molar-refractivity contribution is 6.01. The minimum absolute atomic E-state index is 0.294. The van der Waals surface area contributed by atoms with Gasteiger partial charge in [0.05, 0.1) is 23.0 Å². The first-order valence-corrected chi connectivity index (χ1v) is 7.27. The van der Waals surface area contributed by atoms with Crippen LogP contribution in [-0.2, 0) is 0 Å². The molecule has 1 aliphatic heterocycles. The summed E-state index contributed by atoms with van der Waals surface area (Å²) in [6, 6.07) is 4.15. The molecule has 3 N–H and O–H groups in total. The normalized spacial score (nSPS) is 23.3.